The van der Waals surface area contributed by atoms with Crippen LogP contribution in [0.15, 0.2) is 0 Å². The third-order valence-corrected chi connectivity index (χ3v) is 1.60. The molecule has 0 rings (SSSR count). The molecule has 0 saturated carbocycles. The number of likely N-dealkylation sites (N-methyl/N-ethyl adjacent to an activating group) is 1. The molecule has 0 unspecified atom stereocenters. The van der Waals surface area contributed by atoms with Crippen LogP contribution in [0.25, 0.3) is 0 Å². The van der Waals surface area contributed by atoms with Crippen molar-refractivity contribution >= 4 is 5.97 Å². The highest BCUT2D eigenvalue weighted by molar-refractivity contribution is 5.73. The van der Waals surface area contributed by atoms with Crippen LogP contribution in [-0.2, 0) is 4.79 Å². The predicted octanol–water partition coefficient (Wildman–Crippen LogP) is 0.705. The number of hydrogen-bond donors (Lipinski definition) is 2. The summed E-state index contributed by atoms with van der Waals surface area (Å²) in [5.41, 5.74) is 0. The van der Waals surface area contributed by atoms with Crippen LogP contribution in [0.5, 0.6) is 0 Å². The Hall–Kier alpha value is -0.570. The van der Waals surface area contributed by atoms with E-state index in [0.29, 0.717) is 6.42 Å². The Bertz CT molecular complexity index is 151. The van der Waals surface area contributed by atoms with Crippen LogP contribution in [0.4, 0.5) is 0 Å². The zero-order valence-electron chi connectivity index (χ0n) is 7.64. The number of carboxylic acids is 1. The topological polar surface area (TPSA) is 49.3 Å². The van der Waals surface area contributed by atoms with E-state index in [9.17, 15) is 4.79 Å². The van der Waals surface area contributed by atoms with Gasteiger partial charge in [-0.15, -0.1) is 0 Å². The summed E-state index contributed by atoms with van der Waals surface area (Å²) in [7, 11) is 1.49. The van der Waals surface area contributed by atoms with Gasteiger partial charge in [-0.05, 0) is 13.0 Å². The van der Waals surface area contributed by atoms with Gasteiger partial charge in [0.1, 0.15) is 6.02 Å². The molecule has 0 aromatic rings. The van der Waals surface area contributed by atoms with Gasteiger partial charge in [0.25, 0.3) is 0 Å². The second kappa shape index (κ2) is 4.28. The molecule has 2 N–H and O–H groups in total. The maximum absolute atomic E-state index is 10.6. The minimum absolute atomic E-state index is 0.190. The molecule has 0 heterocycles. The van der Waals surface area contributed by atoms with E-state index in [-0.39, 0.29) is 5.92 Å². The molecule has 60 valence electrons. The van der Waals surface area contributed by atoms with Gasteiger partial charge in [0.15, 0.2) is 0 Å². The van der Waals surface area contributed by atoms with Gasteiger partial charge >= 0.3 is 5.97 Å². The first kappa shape index (κ1) is 7.54. The van der Waals surface area contributed by atoms with Gasteiger partial charge < -0.3 is 10.4 Å². The lowest BCUT2D eigenvalue weighted by atomic mass is 10.00. The summed E-state index contributed by atoms with van der Waals surface area (Å²) in [5.74, 6) is -1.31. The average molecular weight is 146 g/mol. The summed E-state index contributed by atoms with van der Waals surface area (Å²) >= 11 is 0. The second-order valence-electron chi connectivity index (χ2n) is 2.28. The fourth-order valence-corrected chi connectivity index (χ4v) is 0.768. The summed E-state index contributed by atoms with van der Waals surface area (Å²) in [5, 5.41) is 11.2. The Morgan fingerprint density at radius 1 is 1.90 bits per heavy atom. The highest BCUT2D eigenvalue weighted by Crippen LogP contribution is 2.06. The Balaban J connectivity index is 4.45. The van der Waals surface area contributed by atoms with Crippen LogP contribution in [0.1, 0.15) is 21.6 Å². The first-order chi connectivity index (χ1) is 4.99. The molecule has 0 bridgehead atoms. The van der Waals surface area contributed by atoms with E-state index in [2.05, 4.69) is 5.32 Å². The number of hydrogen-bond acceptors (Lipinski definition) is 2. The summed E-state index contributed by atoms with van der Waals surface area (Å²) in [6.07, 6.45) is 0.677. The lowest BCUT2D eigenvalue weighted by Gasteiger charge is -2.16. The van der Waals surface area contributed by atoms with Gasteiger partial charge in [0.2, 0.25) is 0 Å². The third kappa shape index (κ3) is 2.35. The lowest BCUT2D eigenvalue weighted by Crippen LogP contribution is -2.39. The molecular formula is C7H15NO2. The summed E-state index contributed by atoms with van der Waals surface area (Å²) in [6.45, 7) is 3.62. The number of aliphatic carboxylic acids is 1. The zero-order chi connectivity index (χ0) is 9.07. The third-order valence-electron chi connectivity index (χ3n) is 1.60. The number of rotatable bonds is 4. The van der Waals surface area contributed by atoms with Crippen LogP contribution in [0.2, 0.25) is 0 Å². The van der Waals surface area contributed by atoms with Gasteiger partial charge in [-0.3, -0.25) is 4.79 Å². The van der Waals surface area contributed by atoms with Crippen LogP contribution >= 0.6 is 0 Å². The molecule has 0 aliphatic rings. The Morgan fingerprint density at radius 3 is 2.50 bits per heavy atom. The largest absolute Gasteiger partial charge is 0.480 e. The van der Waals surface area contributed by atoms with E-state index in [1.54, 1.807) is 6.92 Å². The molecule has 0 saturated heterocycles. The van der Waals surface area contributed by atoms with Crippen molar-refractivity contribution in [2.75, 3.05) is 7.05 Å². The molecule has 0 amide bonds. The van der Waals surface area contributed by atoms with Crippen molar-refractivity contribution in [3.8, 4) is 0 Å². The molecule has 0 fully saturated rings. The predicted molar refractivity (Wildman–Crippen MR) is 39.9 cm³/mol. The molecule has 3 nitrogen and oxygen atoms in total. The summed E-state index contributed by atoms with van der Waals surface area (Å²) in [6, 6.07) is -1.53. The van der Waals surface area contributed by atoms with Gasteiger partial charge in [-0.2, -0.15) is 0 Å². The Labute approximate surface area is 62.8 Å². The highest BCUT2D eigenvalue weighted by atomic mass is 16.4. The van der Waals surface area contributed by atoms with E-state index in [1.165, 1.54) is 7.05 Å². The average Bonchev–Trinajstić information content (AvgIpc) is 2.01. The number of nitrogens with one attached hydrogen (secondary N) is 1. The van der Waals surface area contributed by atoms with Gasteiger partial charge in [-0.25, -0.2) is 0 Å². The molecule has 0 aliphatic carbocycles. The first-order valence-corrected chi connectivity index (χ1v) is 3.41. The molecule has 0 spiro atoms. The van der Waals surface area contributed by atoms with E-state index in [0.717, 1.165) is 0 Å². The summed E-state index contributed by atoms with van der Waals surface area (Å²) < 4.78 is 7.52. The SMILES string of the molecule is [2H][C@](NC)(C(=O)O)[C@@H](C)CC. The van der Waals surface area contributed by atoms with Crippen molar-refractivity contribution in [2.24, 2.45) is 5.92 Å². The zero-order valence-corrected chi connectivity index (χ0v) is 6.64. The van der Waals surface area contributed by atoms with Crippen molar-refractivity contribution in [1.82, 2.24) is 5.32 Å². The fraction of sp³-hybridized carbons (Fsp3) is 0.857. The number of carboxylic acid groups (broad SMARTS) is 1. The molecule has 0 aromatic heterocycles. The maximum Gasteiger partial charge on any atom is 0.320 e. The standard InChI is InChI=1S/C7H15NO2/c1-4-5(2)6(8-3)7(9)10/h5-6,8H,4H2,1-3H3,(H,9,10)/t5-,6+/m0/s1/i6D. The summed E-state index contributed by atoms with van der Waals surface area (Å²) in [4.78, 5) is 10.6. The molecule has 0 aromatic carbocycles. The van der Waals surface area contributed by atoms with Gasteiger partial charge in [0.05, 0.1) is 1.37 Å². The minimum Gasteiger partial charge on any atom is -0.480 e. The van der Waals surface area contributed by atoms with Crippen LogP contribution in [-0.4, -0.2) is 24.1 Å². The van der Waals surface area contributed by atoms with Gasteiger partial charge in [0, 0.05) is 0 Å². The Morgan fingerprint density at radius 2 is 2.40 bits per heavy atom. The second-order valence-corrected chi connectivity index (χ2v) is 2.28. The molecule has 2 atom stereocenters. The van der Waals surface area contributed by atoms with E-state index >= 15 is 0 Å². The van der Waals surface area contributed by atoms with Crippen LogP contribution in [0, 0.1) is 5.92 Å². The molecule has 10 heavy (non-hydrogen) atoms. The monoisotopic (exact) mass is 146 g/mol. The van der Waals surface area contributed by atoms with Gasteiger partial charge in [-0.1, -0.05) is 20.3 Å². The molecule has 3 heteroatoms. The van der Waals surface area contributed by atoms with Crippen molar-refractivity contribution in [3.05, 3.63) is 0 Å². The smallest absolute Gasteiger partial charge is 0.320 e. The highest BCUT2D eigenvalue weighted by Gasteiger charge is 2.20. The van der Waals surface area contributed by atoms with Crippen molar-refractivity contribution in [3.63, 3.8) is 0 Å². The Kier molecular flexibility index (Phi) is 3.22. The van der Waals surface area contributed by atoms with E-state index in [1.807, 2.05) is 6.92 Å². The van der Waals surface area contributed by atoms with Crippen molar-refractivity contribution in [1.29, 1.82) is 0 Å². The molecular weight excluding hydrogens is 130 g/mol. The van der Waals surface area contributed by atoms with E-state index < -0.39 is 12.0 Å². The first-order valence-electron chi connectivity index (χ1n) is 3.91. The lowest BCUT2D eigenvalue weighted by molar-refractivity contribution is -0.140. The molecule has 0 aliphatic heterocycles. The molecule has 0 radical (unpaired) electrons. The number of carbonyl (C=O) groups is 1. The quantitative estimate of drug-likeness (QED) is 0.614. The maximum atomic E-state index is 10.6. The fourth-order valence-electron chi connectivity index (χ4n) is 0.768. The van der Waals surface area contributed by atoms with Crippen LogP contribution in [0.3, 0.4) is 0 Å². The van der Waals surface area contributed by atoms with E-state index in [4.69, 9.17) is 6.48 Å². The van der Waals surface area contributed by atoms with Crippen molar-refractivity contribution in [2.45, 2.75) is 26.3 Å². The normalized spacial score (nSPS) is 20.9. The minimum atomic E-state index is -1.53. The van der Waals surface area contributed by atoms with Crippen molar-refractivity contribution < 1.29 is 11.3 Å². The van der Waals surface area contributed by atoms with Crippen LogP contribution < -0.4 is 5.32 Å².